The normalized spacial score (nSPS) is 33.4. The maximum absolute atomic E-state index is 13.5. The highest BCUT2D eigenvalue weighted by molar-refractivity contribution is 5.85. The van der Waals surface area contributed by atoms with Crippen molar-refractivity contribution in [2.24, 2.45) is 23.5 Å². The molecule has 1 aliphatic heterocycles. The number of amides is 2. The predicted molar refractivity (Wildman–Crippen MR) is 107 cm³/mol. The number of hydrogen-bond donors (Lipinski definition) is 2. The van der Waals surface area contributed by atoms with Crippen LogP contribution in [0.4, 0.5) is 0 Å². The van der Waals surface area contributed by atoms with Gasteiger partial charge in [0.15, 0.2) is 0 Å². The van der Waals surface area contributed by atoms with Crippen LogP contribution >= 0.6 is 12.4 Å². The Labute approximate surface area is 167 Å². The van der Waals surface area contributed by atoms with Crippen LogP contribution < -0.4 is 11.1 Å². The number of rotatable bonds is 2. The van der Waals surface area contributed by atoms with E-state index in [4.69, 9.17) is 5.73 Å². The monoisotopic (exact) mass is 391 g/mol. The molecule has 1 aromatic rings. The van der Waals surface area contributed by atoms with Gasteiger partial charge in [-0.05, 0) is 43.1 Å². The molecule has 0 aromatic heterocycles. The molecule has 2 bridgehead atoms. The quantitative estimate of drug-likeness (QED) is 0.813. The fourth-order valence-electron chi connectivity index (χ4n) is 5.29. The molecule has 3 unspecified atom stereocenters. The molecule has 148 valence electrons. The van der Waals surface area contributed by atoms with Crippen LogP contribution in [0.1, 0.15) is 50.1 Å². The molecule has 0 radical (unpaired) electrons. The zero-order valence-electron chi connectivity index (χ0n) is 15.7. The summed E-state index contributed by atoms with van der Waals surface area (Å²) in [5.41, 5.74) is 7.45. The van der Waals surface area contributed by atoms with Crippen molar-refractivity contribution in [2.75, 3.05) is 13.1 Å². The van der Waals surface area contributed by atoms with E-state index in [-0.39, 0.29) is 42.2 Å². The molecule has 3 atom stereocenters. The van der Waals surface area contributed by atoms with E-state index in [0.29, 0.717) is 31.3 Å². The Kier molecular flexibility index (Phi) is 6.43. The van der Waals surface area contributed by atoms with Gasteiger partial charge in [0.05, 0.1) is 12.5 Å². The van der Waals surface area contributed by atoms with E-state index < -0.39 is 0 Å². The molecule has 1 heterocycles. The van der Waals surface area contributed by atoms with Crippen molar-refractivity contribution in [1.82, 2.24) is 10.2 Å². The molecular weight excluding hydrogens is 362 g/mol. The first-order valence-corrected chi connectivity index (χ1v) is 10.0. The average molecular weight is 392 g/mol. The third-order valence-electron chi connectivity index (χ3n) is 6.66. The summed E-state index contributed by atoms with van der Waals surface area (Å²) in [7, 11) is 0. The molecule has 1 saturated heterocycles. The van der Waals surface area contributed by atoms with Crippen LogP contribution in [-0.4, -0.2) is 35.8 Å². The number of halogens is 1. The molecule has 2 saturated carbocycles. The summed E-state index contributed by atoms with van der Waals surface area (Å²) in [6.07, 6.45) is 5.73. The van der Waals surface area contributed by atoms with Crippen molar-refractivity contribution in [3.05, 3.63) is 35.9 Å². The van der Waals surface area contributed by atoms with E-state index in [0.717, 1.165) is 31.2 Å². The van der Waals surface area contributed by atoms with Crippen LogP contribution in [0.25, 0.3) is 0 Å². The molecule has 5 nitrogen and oxygen atoms in total. The number of nitrogens with one attached hydrogen (secondary N) is 1. The Bertz CT molecular complexity index is 655. The van der Waals surface area contributed by atoms with Crippen molar-refractivity contribution in [3.8, 4) is 0 Å². The maximum Gasteiger partial charge on any atom is 0.226 e. The van der Waals surface area contributed by atoms with Crippen molar-refractivity contribution >= 4 is 24.2 Å². The summed E-state index contributed by atoms with van der Waals surface area (Å²) in [6.45, 7) is 1.12. The van der Waals surface area contributed by atoms with E-state index >= 15 is 0 Å². The van der Waals surface area contributed by atoms with E-state index in [1.165, 1.54) is 6.42 Å². The van der Waals surface area contributed by atoms with Gasteiger partial charge in [-0.3, -0.25) is 9.59 Å². The lowest BCUT2D eigenvalue weighted by molar-refractivity contribution is -0.141. The number of hydrogen-bond acceptors (Lipinski definition) is 3. The van der Waals surface area contributed by atoms with E-state index in [1.807, 2.05) is 35.2 Å². The molecule has 0 spiro atoms. The number of nitrogens with zero attached hydrogens (tertiary/aromatic N) is 1. The summed E-state index contributed by atoms with van der Waals surface area (Å²) in [4.78, 5) is 27.6. The highest BCUT2D eigenvalue weighted by Crippen LogP contribution is 2.43. The Morgan fingerprint density at radius 1 is 1.11 bits per heavy atom. The largest absolute Gasteiger partial charge is 0.354 e. The Morgan fingerprint density at radius 3 is 2.44 bits per heavy atom. The molecule has 6 heteroatoms. The summed E-state index contributed by atoms with van der Waals surface area (Å²) in [6, 6.07) is 10.1. The molecule has 27 heavy (non-hydrogen) atoms. The van der Waals surface area contributed by atoms with Crippen LogP contribution in [0.5, 0.6) is 0 Å². The SMILES string of the molecule is Cl.NC1C2CCCC1CC(C(=O)N1CCNC(=O)CC1c1ccccc1)C2. The van der Waals surface area contributed by atoms with Gasteiger partial charge < -0.3 is 16.0 Å². The highest BCUT2D eigenvalue weighted by Gasteiger charge is 2.43. The van der Waals surface area contributed by atoms with Crippen LogP contribution in [0, 0.1) is 17.8 Å². The maximum atomic E-state index is 13.5. The van der Waals surface area contributed by atoms with Crippen LogP contribution in [-0.2, 0) is 9.59 Å². The molecule has 2 aliphatic carbocycles. The van der Waals surface area contributed by atoms with Gasteiger partial charge in [-0.25, -0.2) is 0 Å². The third kappa shape index (κ3) is 4.14. The minimum atomic E-state index is -0.165. The number of nitrogens with two attached hydrogens (primary N) is 1. The lowest BCUT2D eigenvalue weighted by Crippen LogP contribution is -2.50. The fraction of sp³-hybridized carbons (Fsp3) is 0.619. The molecule has 3 N–H and O–H groups in total. The molecule has 3 fully saturated rings. The zero-order valence-corrected chi connectivity index (χ0v) is 16.5. The second-order valence-corrected chi connectivity index (χ2v) is 8.21. The van der Waals surface area contributed by atoms with Gasteiger partial charge in [-0.2, -0.15) is 0 Å². The topological polar surface area (TPSA) is 75.4 Å². The molecule has 2 amide bonds. The van der Waals surface area contributed by atoms with Gasteiger partial charge in [-0.15, -0.1) is 12.4 Å². The summed E-state index contributed by atoms with van der Waals surface area (Å²) < 4.78 is 0. The van der Waals surface area contributed by atoms with Gasteiger partial charge in [0.1, 0.15) is 0 Å². The zero-order chi connectivity index (χ0) is 18.1. The number of carbonyl (C=O) groups excluding carboxylic acids is 2. The second-order valence-electron chi connectivity index (χ2n) is 8.21. The summed E-state index contributed by atoms with van der Waals surface area (Å²) in [5.74, 6) is 1.28. The van der Waals surface area contributed by atoms with Crippen LogP contribution in [0.15, 0.2) is 30.3 Å². The lowest BCUT2D eigenvalue weighted by Gasteiger charge is -2.45. The van der Waals surface area contributed by atoms with Crippen molar-refractivity contribution < 1.29 is 9.59 Å². The first-order chi connectivity index (χ1) is 12.6. The average Bonchev–Trinajstić information content (AvgIpc) is 2.83. The first kappa shape index (κ1) is 20.2. The smallest absolute Gasteiger partial charge is 0.226 e. The standard InChI is InChI=1S/C21H29N3O2.ClH/c22-20-15-7-4-8-16(20)12-17(11-15)21(26)24-10-9-23-19(25)13-18(24)14-5-2-1-3-6-14;/h1-3,5-6,15-18,20H,4,7-13,22H2,(H,23,25);1H. The minimum Gasteiger partial charge on any atom is -0.354 e. The summed E-state index contributed by atoms with van der Waals surface area (Å²) in [5, 5.41) is 2.93. The Hall–Kier alpha value is -1.59. The Balaban J connectivity index is 0.00000210. The van der Waals surface area contributed by atoms with Crippen molar-refractivity contribution in [3.63, 3.8) is 0 Å². The van der Waals surface area contributed by atoms with Crippen molar-refractivity contribution in [1.29, 1.82) is 0 Å². The van der Waals surface area contributed by atoms with E-state index in [2.05, 4.69) is 5.32 Å². The number of fused-ring (bicyclic) bond motifs is 2. The third-order valence-corrected chi connectivity index (χ3v) is 6.66. The Morgan fingerprint density at radius 2 is 1.78 bits per heavy atom. The van der Waals surface area contributed by atoms with Gasteiger partial charge in [-0.1, -0.05) is 36.8 Å². The second kappa shape index (κ2) is 8.61. The molecule has 4 rings (SSSR count). The van der Waals surface area contributed by atoms with Gasteiger partial charge in [0.2, 0.25) is 11.8 Å². The lowest BCUT2D eigenvalue weighted by atomic mass is 9.65. The molecule has 1 aromatic carbocycles. The number of carbonyl (C=O) groups is 2. The van der Waals surface area contributed by atoms with Gasteiger partial charge in [0.25, 0.3) is 0 Å². The number of benzene rings is 1. The fourth-order valence-corrected chi connectivity index (χ4v) is 5.29. The van der Waals surface area contributed by atoms with Crippen molar-refractivity contribution in [2.45, 2.75) is 50.6 Å². The molecule has 3 aliphatic rings. The highest BCUT2D eigenvalue weighted by atomic mass is 35.5. The first-order valence-electron chi connectivity index (χ1n) is 10.0. The van der Waals surface area contributed by atoms with E-state index in [9.17, 15) is 9.59 Å². The van der Waals surface area contributed by atoms with Crippen LogP contribution in [0.2, 0.25) is 0 Å². The van der Waals surface area contributed by atoms with Crippen LogP contribution in [0.3, 0.4) is 0 Å². The summed E-state index contributed by atoms with van der Waals surface area (Å²) >= 11 is 0. The van der Waals surface area contributed by atoms with Gasteiger partial charge in [0, 0.05) is 25.0 Å². The minimum absolute atomic E-state index is 0. The molecular formula is C21H30ClN3O2. The van der Waals surface area contributed by atoms with Gasteiger partial charge >= 0.3 is 0 Å². The van der Waals surface area contributed by atoms with E-state index in [1.54, 1.807) is 0 Å². The predicted octanol–water partition coefficient (Wildman–Crippen LogP) is 2.65.